The highest BCUT2D eigenvalue weighted by Crippen LogP contribution is 2.32. The van der Waals surface area contributed by atoms with Crippen molar-refractivity contribution in [3.8, 4) is 11.5 Å². The second-order valence-electron chi connectivity index (χ2n) is 5.27. The molecule has 1 aromatic heterocycles. The Morgan fingerprint density at radius 3 is 2.48 bits per heavy atom. The van der Waals surface area contributed by atoms with Crippen LogP contribution in [0.5, 0.6) is 11.5 Å². The maximum atomic E-state index is 5.49. The summed E-state index contributed by atoms with van der Waals surface area (Å²) in [6.07, 6.45) is 0. The molecule has 4 heteroatoms. The Kier molecular flexibility index (Phi) is 5.65. The zero-order chi connectivity index (χ0) is 15.2. The van der Waals surface area contributed by atoms with Crippen LogP contribution in [0.25, 0.3) is 0 Å². The van der Waals surface area contributed by atoms with E-state index in [4.69, 9.17) is 9.47 Å². The van der Waals surface area contributed by atoms with Crippen molar-refractivity contribution in [2.24, 2.45) is 5.92 Å². The molecule has 3 nitrogen and oxygen atoms in total. The van der Waals surface area contributed by atoms with Crippen molar-refractivity contribution in [2.75, 3.05) is 14.2 Å². The maximum absolute atomic E-state index is 5.49. The number of methoxy groups -OCH3 is 2. The summed E-state index contributed by atoms with van der Waals surface area (Å²) < 4.78 is 10.8. The van der Waals surface area contributed by atoms with Crippen LogP contribution in [0.15, 0.2) is 35.7 Å². The second-order valence-corrected chi connectivity index (χ2v) is 6.25. The van der Waals surface area contributed by atoms with Crippen LogP contribution in [0.4, 0.5) is 0 Å². The lowest BCUT2D eigenvalue weighted by atomic mass is 10.0. The van der Waals surface area contributed by atoms with Gasteiger partial charge in [-0.2, -0.15) is 0 Å². The minimum Gasteiger partial charge on any atom is -0.493 e. The van der Waals surface area contributed by atoms with Crippen LogP contribution in [0.2, 0.25) is 0 Å². The van der Waals surface area contributed by atoms with E-state index in [0.29, 0.717) is 12.0 Å². The molecule has 0 saturated heterocycles. The van der Waals surface area contributed by atoms with E-state index >= 15 is 0 Å². The standard InChI is InChI=1S/C17H23NO2S/c1-12(2)16(15-9-6-10-21-15)18-11-13-7-5-8-14(19-3)17(13)20-4/h5-10,12,16,18H,11H2,1-4H3. The Hall–Kier alpha value is -1.52. The van der Waals surface area contributed by atoms with Gasteiger partial charge in [-0.3, -0.25) is 0 Å². The van der Waals surface area contributed by atoms with E-state index in [0.717, 1.165) is 23.6 Å². The molecule has 0 aliphatic heterocycles. The summed E-state index contributed by atoms with van der Waals surface area (Å²) in [4.78, 5) is 1.37. The largest absolute Gasteiger partial charge is 0.493 e. The number of hydrogen-bond acceptors (Lipinski definition) is 4. The summed E-state index contributed by atoms with van der Waals surface area (Å²) in [5.74, 6) is 2.11. The predicted molar refractivity (Wildman–Crippen MR) is 88.3 cm³/mol. The molecule has 21 heavy (non-hydrogen) atoms. The number of thiophene rings is 1. The normalized spacial score (nSPS) is 12.4. The van der Waals surface area contributed by atoms with Gasteiger partial charge in [-0.15, -0.1) is 11.3 Å². The lowest BCUT2D eigenvalue weighted by Crippen LogP contribution is -2.24. The first-order chi connectivity index (χ1) is 10.2. The molecular weight excluding hydrogens is 282 g/mol. The molecule has 0 radical (unpaired) electrons. The molecule has 0 aliphatic carbocycles. The maximum Gasteiger partial charge on any atom is 0.165 e. The third-order valence-corrected chi connectivity index (χ3v) is 4.47. The van der Waals surface area contributed by atoms with Crippen LogP contribution in [0.1, 0.15) is 30.3 Å². The molecule has 2 rings (SSSR count). The van der Waals surface area contributed by atoms with Gasteiger partial charge in [0, 0.05) is 23.0 Å². The molecule has 0 fully saturated rings. The van der Waals surface area contributed by atoms with Gasteiger partial charge in [0.05, 0.1) is 14.2 Å². The molecule has 0 amide bonds. The predicted octanol–water partition coefficient (Wildman–Crippen LogP) is 4.25. The highest BCUT2D eigenvalue weighted by Gasteiger charge is 2.17. The Morgan fingerprint density at radius 2 is 1.90 bits per heavy atom. The van der Waals surface area contributed by atoms with Gasteiger partial charge in [0.1, 0.15) is 0 Å². The summed E-state index contributed by atoms with van der Waals surface area (Å²) in [5.41, 5.74) is 1.11. The van der Waals surface area contributed by atoms with Crippen LogP contribution < -0.4 is 14.8 Å². The molecule has 0 bridgehead atoms. The fourth-order valence-corrected chi connectivity index (χ4v) is 3.42. The molecule has 1 N–H and O–H groups in total. The van der Waals surface area contributed by atoms with Gasteiger partial charge in [0.15, 0.2) is 11.5 Å². The van der Waals surface area contributed by atoms with Gasteiger partial charge in [-0.1, -0.05) is 32.0 Å². The van der Waals surface area contributed by atoms with Gasteiger partial charge in [-0.05, 0) is 23.4 Å². The summed E-state index contributed by atoms with van der Waals surface area (Å²) >= 11 is 1.79. The molecule has 1 atom stereocenters. The monoisotopic (exact) mass is 305 g/mol. The molecule has 0 aliphatic rings. The first-order valence-corrected chi connectivity index (χ1v) is 8.02. The van der Waals surface area contributed by atoms with Crippen LogP contribution in [-0.4, -0.2) is 14.2 Å². The highest BCUT2D eigenvalue weighted by molar-refractivity contribution is 7.10. The van der Waals surface area contributed by atoms with E-state index < -0.39 is 0 Å². The van der Waals surface area contributed by atoms with E-state index in [1.807, 2.05) is 12.1 Å². The second kappa shape index (κ2) is 7.48. The van der Waals surface area contributed by atoms with Crippen molar-refractivity contribution in [3.05, 3.63) is 46.2 Å². The number of benzene rings is 1. The van der Waals surface area contributed by atoms with Gasteiger partial charge in [0.2, 0.25) is 0 Å². The molecule has 0 spiro atoms. The molecule has 0 saturated carbocycles. The van der Waals surface area contributed by atoms with E-state index in [-0.39, 0.29) is 0 Å². The van der Waals surface area contributed by atoms with Crippen molar-refractivity contribution in [1.29, 1.82) is 0 Å². The Bertz CT molecular complexity index is 552. The molecule has 1 aromatic carbocycles. The minimum atomic E-state index is 0.348. The zero-order valence-corrected chi connectivity index (χ0v) is 13.9. The van der Waals surface area contributed by atoms with Crippen LogP contribution in [-0.2, 0) is 6.54 Å². The van der Waals surface area contributed by atoms with Crippen molar-refractivity contribution in [2.45, 2.75) is 26.4 Å². The molecule has 1 heterocycles. The molecule has 114 valence electrons. The Morgan fingerprint density at radius 1 is 1.10 bits per heavy atom. The number of hydrogen-bond donors (Lipinski definition) is 1. The molecule has 2 aromatic rings. The average molecular weight is 305 g/mol. The third-order valence-electron chi connectivity index (χ3n) is 3.51. The number of nitrogens with one attached hydrogen (secondary N) is 1. The van der Waals surface area contributed by atoms with E-state index in [1.165, 1.54) is 4.88 Å². The number of rotatable bonds is 7. The lowest BCUT2D eigenvalue weighted by Gasteiger charge is -2.22. The van der Waals surface area contributed by atoms with Crippen molar-refractivity contribution in [3.63, 3.8) is 0 Å². The smallest absolute Gasteiger partial charge is 0.165 e. The molecule has 1 unspecified atom stereocenters. The van der Waals surface area contributed by atoms with Gasteiger partial charge in [0.25, 0.3) is 0 Å². The fourth-order valence-electron chi connectivity index (χ4n) is 2.45. The highest BCUT2D eigenvalue weighted by atomic mass is 32.1. The first-order valence-electron chi connectivity index (χ1n) is 7.14. The number of para-hydroxylation sites is 1. The topological polar surface area (TPSA) is 30.5 Å². The molecular formula is C17H23NO2S. The summed E-state index contributed by atoms with van der Waals surface area (Å²) in [6.45, 7) is 5.22. The summed E-state index contributed by atoms with van der Waals surface area (Å²) in [5, 5.41) is 5.76. The average Bonchev–Trinajstić information content (AvgIpc) is 3.00. The Labute approximate surface area is 130 Å². The SMILES string of the molecule is COc1cccc(CNC(c2cccs2)C(C)C)c1OC. The van der Waals surface area contributed by atoms with Gasteiger partial charge >= 0.3 is 0 Å². The fraction of sp³-hybridized carbons (Fsp3) is 0.412. The van der Waals surface area contributed by atoms with Crippen LogP contribution >= 0.6 is 11.3 Å². The van der Waals surface area contributed by atoms with Crippen molar-refractivity contribution < 1.29 is 9.47 Å². The van der Waals surface area contributed by atoms with E-state index in [9.17, 15) is 0 Å². The zero-order valence-electron chi connectivity index (χ0n) is 13.1. The van der Waals surface area contributed by atoms with Crippen molar-refractivity contribution >= 4 is 11.3 Å². The third kappa shape index (κ3) is 3.77. The summed E-state index contributed by atoms with van der Waals surface area (Å²) in [6, 6.07) is 10.6. The van der Waals surface area contributed by atoms with Gasteiger partial charge in [-0.25, -0.2) is 0 Å². The summed E-state index contributed by atoms with van der Waals surface area (Å²) in [7, 11) is 3.35. The quantitative estimate of drug-likeness (QED) is 0.829. The van der Waals surface area contributed by atoms with E-state index in [2.05, 4.69) is 42.7 Å². The van der Waals surface area contributed by atoms with Crippen LogP contribution in [0.3, 0.4) is 0 Å². The number of ether oxygens (including phenoxy) is 2. The van der Waals surface area contributed by atoms with Crippen LogP contribution in [0, 0.1) is 5.92 Å². The van der Waals surface area contributed by atoms with E-state index in [1.54, 1.807) is 25.6 Å². The lowest BCUT2D eigenvalue weighted by molar-refractivity contribution is 0.347. The Balaban J connectivity index is 2.15. The van der Waals surface area contributed by atoms with Crippen molar-refractivity contribution in [1.82, 2.24) is 5.32 Å². The first kappa shape index (κ1) is 15.9. The van der Waals surface area contributed by atoms with Gasteiger partial charge < -0.3 is 14.8 Å². The minimum absolute atomic E-state index is 0.348.